The summed E-state index contributed by atoms with van der Waals surface area (Å²) in [4.78, 5) is 12.2. The first kappa shape index (κ1) is 18.0. The Morgan fingerprint density at radius 1 is 1.12 bits per heavy atom. The number of hydrogen-bond acceptors (Lipinski definition) is 4. The minimum atomic E-state index is -0.255. The summed E-state index contributed by atoms with van der Waals surface area (Å²) < 4.78 is 13.3. The Kier molecular flexibility index (Phi) is 5.91. The van der Waals surface area contributed by atoms with Gasteiger partial charge in [0.2, 0.25) is 0 Å². The number of aromatic nitrogens is 2. The predicted octanol–water partition coefficient (Wildman–Crippen LogP) is 3.72. The molecule has 0 aliphatic heterocycles. The smallest absolute Gasteiger partial charge is 0.263 e. The van der Waals surface area contributed by atoms with E-state index in [-0.39, 0.29) is 12.5 Å². The van der Waals surface area contributed by atoms with E-state index in [1.807, 2.05) is 24.3 Å². The maximum Gasteiger partial charge on any atom is 0.263 e. The summed E-state index contributed by atoms with van der Waals surface area (Å²) in [6.45, 7) is 0.454. The molecule has 0 spiro atoms. The van der Waals surface area contributed by atoms with Crippen molar-refractivity contribution in [1.29, 1.82) is 0 Å². The molecule has 1 amide bonds. The highest BCUT2D eigenvalue weighted by Crippen LogP contribution is 2.19. The Morgan fingerprint density at radius 3 is 2.58 bits per heavy atom. The van der Waals surface area contributed by atoms with Crippen LogP contribution in [0.15, 0.2) is 65.3 Å². The zero-order chi connectivity index (χ0) is 18.4. The van der Waals surface area contributed by atoms with Crippen LogP contribution in [0.25, 0.3) is 0 Å². The highest BCUT2D eigenvalue weighted by atomic mass is 79.9. The van der Waals surface area contributed by atoms with E-state index in [1.54, 1.807) is 48.3 Å². The van der Waals surface area contributed by atoms with Crippen LogP contribution in [0.5, 0.6) is 11.5 Å². The molecule has 0 bridgehead atoms. The molecule has 1 heterocycles. The normalized spacial score (nSPS) is 10.4. The van der Waals surface area contributed by atoms with Crippen molar-refractivity contribution in [2.24, 2.45) is 0 Å². The summed E-state index contributed by atoms with van der Waals surface area (Å²) in [5.41, 5.74) is 1.07. The Labute approximate surface area is 159 Å². The van der Waals surface area contributed by atoms with Crippen LogP contribution in [0.4, 0.5) is 5.82 Å². The Bertz CT molecular complexity index is 878. The molecule has 0 saturated heterocycles. The maximum atomic E-state index is 12.2. The second kappa shape index (κ2) is 8.53. The van der Waals surface area contributed by atoms with Crippen molar-refractivity contribution in [2.45, 2.75) is 6.54 Å². The van der Waals surface area contributed by atoms with E-state index in [4.69, 9.17) is 9.47 Å². The van der Waals surface area contributed by atoms with Crippen LogP contribution in [-0.4, -0.2) is 29.4 Å². The lowest BCUT2D eigenvalue weighted by molar-refractivity contribution is -0.118. The van der Waals surface area contributed by atoms with Gasteiger partial charge in [-0.05, 0) is 35.9 Å². The lowest BCUT2D eigenvalue weighted by Crippen LogP contribution is -2.22. The van der Waals surface area contributed by atoms with Crippen LogP contribution < -0.4 is 14.8 Å². The summed E-state index contributed by atoms with van der Waals surface area (Å²) in [5.74, 6) is 1.69. The van der Waals surface area contributed by atoms with Gasteiger partial charge in [-0.25, -0.2) is 4.68 Å². The number of anilines is 1. The highest BCUT2D eigenvalue weighted by Gasteiger charge is 2.10. The third kappa shape index (κ3) is 4.64. The average molecular weight is 416 g/mol. The monoisotopic (exact) mass is 415 g/mol. The van der Waals surface area contributed by atoms with Crippen molar-refractivity contribution >= 4 is 27.7 Å². The molecule has 0 aliphatic rings. The molecule has 0 unspecified atom stereocenters. The number of methoxy groups -OCH3 is 1. The molecule has 2 aromatic carbocycles. The molecule has 0 fully saturated rings. The number of carbonyl (C=O) groups excluding carboxylic acids is 1. The van der Waals surface area contributed by atoms with Crippen LogP contribution in [-0.2, 0) is 11.3 Å². The first-order valence-electron chi connectivity index (χ1n) is 7.97. The quantitative estimate of drug-likeness (QED) is 0.638. The molecule has 134 valence electrons. The highest BCUT2D eigenvalue weighted by molar-refractivity contribution is 9.10. The zero-order valence-electron chi connectivity index (χ0n) is 14.2. The Morgan fingerprint density at radius 2 is 1.85 bits per heavy atom. The minimum Gasteiger partial charge on any atom is -0.497 e. The van der Waals surface area contributed by atoms with Crippen molar-refractivity contribution in [1.82, 2.24) is 9.78 Å². The number of amides is 1. The fraction of sp³-hybridized carbons (Fsp3) is 0.158. The van der Waals surface area contributed by atoms with Crippen LogP contribution in [0.2, 0.25) is 0 Å². The van der Waals surface area contributed by atoms with E-state index in [2.05, 4.69) is 26.3 Å². The number of nitrogens with one attached hydrogen (secondary N) is 1. The standard InChI is InChI=1S/C19H18BrN3O3/c1-25-15-6-8-16(9-7-15)26-13-19(24)22-18-10-11-21-23(18)12-14-4-2-3-5-17(14)20/h2-11H,12-13H2,1H3,(H,22,24). The van der Waals surface area contributed by atoms with Gasteiger partial charge in [-0.1, -0.05) is 34.1 Å². The molecule has 0 saturated carbocycles. The molecule has 0 aliphatic carbocycles. The van der Waals surface area contributed by atoms with Crippen LogP contribution in [0.3, 0.4) is 0 Å². The zero-order valence-corrected chi connectivity index (χ0v) is 15.8. The first-order valence-corrected chi connectivity index (χ1v) is 8.77. The number of benzene rings is 2. The van der Waals surface area contributed by atoms with Crippen LogP contribution >= 0.6 is 15.9 Å². The Hall–Kier alpha value is -2.80. The molecule has 3 aromatic rings. The number of nitrogens with zero attached hydrogens (tertiary/aromatic N) is 2. The lowest BCUT2D eigenvalue weighted by Gasteiger charge is -2.11. The summed E-state index contributed by atoms with van der Waals surface area (Å²) in [7, 11) is 1.60. The molecule has 0 radical (unpaired) electrons. The topological polar surface area (TPSA) is 65.4 Å². The lowest BCUT2D eigenvalue weighted by atomic mass is 10.2. The fourth-order valence-corrected chi connectivity index (χ4v) is 2.76. The number of ether oxygens (including phenoxy) is 2. The van der Waals surface area contributed by atoms with E-state index >= 15 is 0 Å². The molecular formula is C19H18BrN3O3. The first-order chi connectivity index (χ1) is 12.7. The van der Waals surface area contributed by atoms with Crippen molar-refractivity contribution in [3.05, 3.63) is 70.8 Å². The average Bonchev–Trinajstić information content (AvgIpc) is 3.09. The minimum absolute atomic E-state index is 0.0907. The van der Waals surface area contributed by atoms with Crippen molar-refractivity contribution < 1.29 is 14.3 Å². The predicted molar refractivity (Wildman–Crippen MR) is 103 cm³/mol. The summed E-state index contributed by atoms with van der Waals surface area (Å²) in [5, 5.41) is 7.09. The van der Waals surface area contributed by atoms with E-state index in [0.717, 1.165) is 15.8 Å². The molecule has 3 rings (SSSR count). The van der Waals surface area contributed by atoms with Crippen LogP contribution in [0, 0.1) is 0 Å². The van der Waals surface area contributed by atoms with Crippen molar-refractivity contribution in [2.75, 3.05) is 19.0 Å². The Balaban J connectivity index is 1.58. The largest absolute Gasteiger partial charge is 0.497 e. The van der Waals surface area contributed by atoms with Gasteiger partial charge < -0.3 is 14.8 Å². The second-order valence-electron chi connectivity index (χ2n) is 5.48. The van der Waals surface area contributed by atoms with Gasteiger partial charge in [0.25, 0.3) is 5.91 Å². The van der Waals surface area contributed by atoms with E-state index in [0.29, 0.717) is 18.1 Å². The molecule has 7 heteroatoms. The maximum absolute atomic E-state index is 12.2. The third-order valence-electron chi connectivity index (χ3n) is 3.69. The fourth-order valence-electron chi connectivity index (χ4n) is 2.35. The summed E-state index contributed by atoms with van der Waals surface area (Å²) >= 11 is 3.52. The molecule has 26 heavy (non-hydrogen) atoms. The number of carbonyl (C=O) groups is 1. The molecule has 6 nitrogen and oxygen atoms in total. The third-order valence-corrected chi connectivity index (χ3v) is 4.46. The second-order valence-corrected chi connectivity index (χ2v) is 6.33. The molecule has 0 atom stereocenters. The van der Waals surface area contributed by atoms with Gasteiger partial charge in [0.05, 0.1) is 19.9 Å². The summed E-state index contributed by atoms with van der Waals surface area (Å²) in [6.07, 6.45) is 1.65. The van der Waals surface area contributed by atoms with Crippen molar-refractivity contribution in [3.8, 4) is 11.5 Å². The number of hydrogen-bond donors (Lipinski definition) is 1. The van der Waals surface area contributed by atoms with Gasteiger partial charge >= 0.3 is 0 Å². The van der Waals surface area contributed by atoms with Gasteiger partial charge in [0.15, 0.2) is 6.61 Å². The van der Waals surface area contributed by atoms with E-state index < -0.39 is 0 Å². The molecule has 1 aromatic heterocycles. The summed E-state index contributed by atoms with van der Waals surface area (Å²) in [6, 6.07) is 16.7. The van der Waals surface area contributed by atoms with Gasteiger partial charge in [-0.3, -0.25) is 4.79 Å². The van der Waals surface area contributed by atoms with E-state index in [1.165, 1.54) is 0 Å². The van der Waals surface area contributed by atoms with E-state index in [9.17, 15) is 4.79 Å². The SMILES string of the molecule is COc1ccc(OCC(=O)Nc2ccnn2Cc2ccccc2Br)cc1. The van der Waals surface area contributed by atoms with Gasteiger partial charge in [0.1, 0.15) is 17.3 Å². The molecular weight excluding hydrogens is 398 g/mol. The molecule has 1 N–H and O–H groups in total. The van der Waals surface area contributed by atoms with Gasteiger partial charge in [0, 0.05) is 10.5 Å². The number of halogens is 1. The van der Waals surface area contributed by atoms with Crippen molar-refractivity contribution in [3.63, 3.8) is 0 Å². The van der Waals surface area contributed by atoms with Gasteiger partial charge in [-0.2, -0.15) is 5.10 Å². The van der Waals surface area contributed by atoms with Crippen LogP contribution in [0.1, 0.15) is 5.56 Å². The van der Waals surface area contributed by atoms with Gasteiger partial charge in [-0.15, -0.1) is 0 Å². The number of rotatable bonds is 7.